The van der Waals surface area contributed by atoms with Crippen LogP contribution in [-0.4, -0.2) is 72.5 Å². The second-order valence-electron chi connectivity index (χ2n) is 21.6. The molecule has 381 valence electrons. The maximum Gasteiger partial charge on any atom is 3.00 e. The van der Waals surface area contributed by atoms with Gasteiger partial charge in [-0.3, -0.25) is 4.99 Å². The third-order valence-electron chi connectivity index (χ3n) is 9.40. The van der Waals surface area contributed by atoms with Gasteiger partial charge in [-0.1, -0.05) is 216 Å². The quantitative estimate of drug-likeness (QED) is 0.0672. The molecule has 1 fully saturated rings. The molecule has 1 radical (unpaired) electrons. The van der Waals surface area contributed by atoms with Crippen LogP contribution in [-0.2, 0) is 15.6 Å². The first-order chi connectivity index (χ1) is 31.1. The number of nitrogens with zero attached hydrogens (tertiary/aromatic N) is 5. The number of hydrogen-bond donors (Lipinski definition) is 2. The molecule has 0 spiro atoms. The second kappa shape index (κ2) is 30.7. The molecule has 0 aliphatic carbocycles. The molecule has 0 aromatic heterocycles. The first kappa shape index (κ1) is 63.1. The summed E-state index contributed by atoms with van der Waals surface area (Å²) >= 11 is 5.83. The summed E-state index contributed by atoms with van der Waals surface area (Å²) in [7, 11) is -3.08. The Bertz CT molecular complexity index is 2010. The molecule has 0 atom stereocenters. The van der Waals surface area contributed by atoms with Crippen molar-refractivity contribution in [1.29, 1.82) is 0 Å². The topological polar surface area (TPSA) is 122 Å². The zero-order valence-electron chi connectivity index (χ0n) is 44.5. The Morgan fingerprint density at radius 2 is 1.22 bits per heavy atom. The van der Waals surface area contributed by atoms with Gasteiger partial charge >= 0.3 is 46.9 Å². The van der Waals surface area contributed by atoms with E-state index in [4.69, 9.17) is 31.3 Å². The third-order valence-corrected chi connectivity index (χ3v) is 11.5. The van der Waals surface area contributed by atoms with E-state index < -0.39 is 16.5 Å². The number of nitrogens with one attached hydrogen (secondary N) is 2. The Morgan fingerprint density at radius 1 is 0.735 bits per heavy atom. The molecule has 1 aliphatic rings. The van der Waals surface area contributed by atoms with Gasteiger partial charge in [0.05, 0.1) is 0 Å². The van der Waals surface area contributed by atoms with Crippen LogP contribution in [0.25, 0.3) is 10.3 Å². The Balaban J connectivity index is 0.000000506. The van der Waals surface area contributed by atoms with Crippen LogP contribution in [0.2, 0.25) is 44.3 Å². The van der Waals surface area contributed by atoms with Gasteiger partial charge in [-0.05, 0) is 90.2 Å². The molecular weight excluding hydrogens is 1060 g/mol. The van der Waals surface area contributed by atoms with Crippen LogP contribution in [0.1, 0.15) is 116 Å². The van der Waals surface area contributed by atoms with Crippen molar-refractivity contribution in [2.45, 2.75) is 158 Å². The summed E-state index contributed by atoms with van der Waals surface area (Å²) in [4.78, 5) is 22.8. The van der Waals surface area contributed by atoms with Crippen molar-refractivity contribution in [3.8, 4) is 5.75 Å². The molecule has 4 aromatic rings. The average Bonchev–Trinajstić information content (AvgIpc) is 3.81. The minimum absolute atomic E-state index is 0. The van der Waals surface area contributed by atoms with Gasteiger partial charge in [-0.25, -0.2) is 0 Å². The van der Waals surface area contributed by atoms with Crippen LogP contribution in [0.5, 0.6) is 5.75 Å². The van der Waals surface area contributed by atoms with E-state index in [1.54, 1.807) is 0 Å². The van der Waals surface area contributed by atoms with Crippen molar-refractivity contribution in [3.05, 3.63) is 140 Å². The summed E-state index contributed by atoms with van der Waals surface area (Å²) < 4.78 is 4.94. The number of aliphatic imine (C=N–C) groups is 3. The van der Waals surface area contributed by atoms with Crippen molar-refractivity contribution in [2.24, 2.45) is 15.0 Å². The molecular formula is C55H85ClN7O2Si2Yb. The first-order valence-corrected chi connectivity index (χ1v) is 31.4. The molecule has 2 N–H and O–H groups in total. The first-order valence-electron chi connectivity index (χ1n) is 24.1. The number of amidine groups is 2. The number of ether oxygens (including phenoxy) is 1. The van der Waals surface area contributed by atoms with Gasteiger partial charge in [-0.2, -0.15) is 0 Å². The Labute approximate surface area is 459 Å². The number of hydrogen-bond acceptors (Lipinski definition) is 5. The van der Waals surface area contributed by atoms with Crippen LogP contribution >= 0.6 is 11.6 Å². The predicted molar refractivity (Wildman–Crippen MR) is 297 cm³/mol. The number of benzene rings is 4. The molecule has 4 aromatic carbocycles. The zero-order chi connectivity index (χ0) is 50.4. The molecule has 1 saturated heterocycles. The van der Waals surface area contributed by atoms with E-state index in [0.29, 0.717) is 17.0 Å². The van der Waals surface area contributed by atoms with E-state index in [0.717, 1.165) is 72.3 Å². The summed E-state index contributed by atoms with van der Waals surface area (Å²) in [6.45, 7) is 39.9. The minimum atomic E-state index is -1.60. The monoisotopic (exact) mass is 1140 g/mol. The number of halogens is 1. The second-order valence-corrected chi connectivity index (χ2v) is 31.4. The standard InChI is InChI=1S/C23H35N4Si2.C15H24O.C13H19ClN3.C4H8O.Yb/c1-28(2,3)26-22(20-14-9-7-10-15-20)24-18-13-19-25-23(27-29(4,5)6)21-16-11-8-12-17-21;1-10-8-11(14(2,3)4)13(16)12(9-10)15(5,6)7;1-9(2)15-13(16-10(3)4)17-12-7-5-11(14)6-8-12;1-2-4-5-3-1;/h7-12,14-17H,13,18-19H2,1-6H3,(H-,24,25,26,27);8-9,16H,1-7H3;5-10H,1-4H3,(H-,15,16,17);1-4H2;/q-1;;-1;;+3/p-1. The summed E-state index contributed by atoms with van der Waals surface area (Å²) in [6.07, 6.45) is 3.46. The molecule has 13 heteroatoms. The van der Waals surface area contributed by atoms with Gasteiger partial charge < -0.3 is 40.4 Å². The van der Waals surface area contributed by atoms with Gasteiger partial charge in [0, 0.05) is 44.5 Å². The van der Waals surface area contributed by atoms with E-state index >= 15 is 0 Å². The zero-order valence-corrected chi connectivity index (χ0v) is 49.0. The van der Waals surface area contributed by atoms with Crippen molar-refractivity contribution >= 4 is 51.4 Å². The minimum Gasteiger partial charge on any atom is -0.872 e. The molecule has 1 aliphatic heterocycles. The Hall–Kier alpha value is -2.91. The van der Waals surface area contributed by atoms with Gasteiger partial charge in [0.25, 0.3) is 0 Å². The predicted octanol–water partition coefficient (Wildman–Crippen LogP) is 14.5. The molecule has 0 unspecified atom stereocenters. The fourth-order valence-electron chi connectivity index (χ4n) is 6.33. The Morgan fingerprint density at radius 3 is 1.63 bits per heavy atom. The summed E-state index contributed by atoms with van der Waals surface area (Å²) in [5.74, 6) is 2.77. The SMILES string of the molecule is C1CCOC1.CC(C)N=C([N-]c1ccc(Cl)cc1)NC(C)C.C[Si](C)(C)[N-]C(=NCCCN=C(N[Si](C)(C)C)c1ccccc1)c1ccccc1.Cc1cc(C(C)(C)C)c([O-])c(C(C)(C)C)c1.[Yb+3]. The number of guanidine groups is 1. The molecule has 0 amide bonds. The molecule has 0 bridgehead atoms. The van der Waals surface area contributed by atoms with Crippen LogP contribution < -0.4 is 15.4 Å². The maximum atomic E-state index is 12.4. The summed E-state index contributed by atoms with van der Waals surface area (Å²) in [5.41, 5.74) is 5.97. The van der Waals surface area contributed by atoms with E-state index in [9.17, 15) is 5.11 Å². The van der Waals surface area contributed by atoms with Gasteiger partial charge in [0.1, 0.15) is 14.1 Å². The van der Waals surface area contributed by atoms with Gasteiger partial charge in [0.15, 0.2) is 0 Å². The smallest absolute Gasteiger partial charge is 0.872 e. The molecule has 1 heterocycles. The van der Waals surface area contributed by atoms with E-state index in [-0.39, 0.29) is 69.5 Å². The van der Waals surface area contributed by atoms with Crippen molar-refractivity contribution < 1.29 is 56.8 Å². The summed E-state index contributed by atoms with van der Waals surface area (Å²) in [6, 6.07) is 32.7. The third kappa shape index (κ3) is 27.5. The molecule has 5 rings (SSSR count). The van der Waals surface area contributed by atoms with Crippen LogP contribution in [0, 0.1) is 53.8 Å². The van der Waals surface area contributed by atoms with Crippen molar-refractivity contribution in [2.75, 3.05) is 26.3 Å². The van der Waals surface area contributed by atoms with Gasteiger partial charge in [0.2, 0.25) is 0 Å². The van der Waals surface area contributed by atoms with E-state index in [1.807, 2.05) is 74.5 Å². The normalized spacial score (nSPS) is 13.5. The van der Waals surface area contributed by atoms with Crippen LogP contribution in [0.15, 0.2) is 112 Å². The van der Waals surface area contributed by atoms with Crippen molar-refractivity contribution in [1.82, 2.24) is 10.3 Å². The molecule has 9 nitrogen and oxygen atoms in total. The number of aryl methyl sites for hydroxylation is 1. The Kier molecular flexibility index (Phi) is 28.5. The fourth-order valence-corrected chi connectivity index (χ4v) is 8.23. The van der Waals surface area contributed by atoms with Crippen LogP contribution in [0.3, 0.4) is 0 Å². The largest absolute Gasteiger partial charge is 3.00 e. The molecule has 68 heavy (non-hydrogen) atoms. The maximum absolute atomic E-state index is 12.4. The van der Waals surface area contributed by atoms with Gasteiger partial charge in [-0.15, -0.1) is 5.75 Å². The van der Waals surface area contributed by atoms with E-state index in [2.05, 4.69) is 159 Å². The molecule has 0 saturated carbocycles. The van der Waals surface area contributed by atoms with E-state index in [1.165, 1.54) is 18.4 Å². The number of rotatable bonds is 11. The fraction of sp³-hybridized carbons (Fsp3) is 0.509. The summed E-state index contributed by atoms with van der Waals surface area (Å²) in [5, 5.41) is 20.8. The average molecular weight is 1140 g/mol. The van der Waals surface area contributed by atoms with Crippen molar-refractivity contribution in [3.63, 3.8) is 0 Å². The van der Waals surface area contributed by atoms with Crippen LogP contribution in [0.4, 0.5) is 5.69 Å².